The van der Waals surface area contributed by atoms with Crippen LogP contribution in [-0.4, -0.2) is 41.2 Å². The molecule has 0 aromatic carbocycles. The lowest BCUT2D eigenvalue weighted by Gasteiger charge is -2.22. The van der Waals surface area contributed by atoms with Crippen LogP contribution in [0.3, 0.4) is 0 Å². The number of amides is 2. The van der Waals surface area contributed by atoms with E-state index in [1.54, 1.807) is 6.92 Å². The van der Waals surface area contributed by atoms with Crippen LogP contribution in [0.25, 0.3) is 0 Å². The third kappa shape index (κ3) is 5.62. The molecule has 0 saturated heterocycles. The van der Waals surface area contributed by atoms with Crippen LogP contribution in [0.15, 0.2) is 0 Å². The SMILES string of the molecule is CCN(CC(=O)NC(C)C)C(=O)C(C)Cl. The van der Waals surface area contributed by atoms with Crippen molar-refractivity contribution in [2.24, 2.45) is 0 Å². The van der Waals surface area contributed by atoms with E-state index in [0.29, 0.717) is 6.54 Å². The van der Waals surface area contributed by atoms with Crippen LogP contribution in [-0.2, 0) is 9.59 Å². The summed E-state index contributed by atoms with van der Waals surface area (Å²) in [6.45, 7) is 7.74. The predicted octanol–water partition coefficient (Wildman–Crippen LogP) is 0.987. The van der Waals surface area contributed by atoms with Gasteiger partial charge in [0, 0.05) is 12.6 Å². The van der Waals surface area contributed by atoms with Gasteiger partial charge in [0.1, 0.15) is 5.38 Å². The third-order valence-corrected chi connectivity index (χ3v) is 2.00. The number of nitrogens with one attached hydrogen (secondary N) is 1. The Morgan fingerprint density at radius 2 is 1.87 bits per heavy atom. The van der Waals surface area contributed by atoms with E-state index in [1.165, 1.54) is 4.90 Å². The van der Waals surface area contributed by atoms with Gasteiger partial charge in [0.25, 0.3) is 0 Å². The van der Waals surface area contributed by atoms with E-state index in [2.05, 4.69) is 5.32 Å². The fraction of sp³-hybridized carbons (Fsp3) is 0.800. The summed E-state index contributed by atoms with van der Waals surface area (Å²) in [6.07, 6.45) is 0. The molecule has 0 aromatic heterocycles. The van der Waals surface area contributed by atoms with Crippen molar-refractivity contribution in [2.45, 2.75) is 39.1 Å². The molecule has 0 aromatic rings. The predicted molar refractivity (Wildman–Crippen MR) is 60.8 cm³/mol. The first-order valence-electron chi connectivity index (χ1n) is 5.10. The van der Waals surface area contributed by atoms with Gasteiger partial charge in [-0.25, -0.2) is 0 Å². The fourth-order valence-corrected chi connectivity index (χ4v) is 1.28. The van der Waals surface area contributed by atoms with E-state index in [9.17, 15) is 9.59 Å². The van der Waals surface area contributed by atoms with Crippen LogP contribution in [0, 0.1) is 0 Å². The van der Waals surface area contributed by atoms with Crippen molar-refractivity contribution in [1.82, 2.24) is 10.2 Å². The molecular formula is C10H19ClN2O2. The first kappa shape index (κ1) is 14.2. The average molecular weight is 235 g/mol. The molecule has 4 nitrogen and oxygen atoms in total. The highest BCUT2D eigenvalue weighted by molar-refractivity contribution is 6.30. The van der Waals surface area contributed by atoms with Crippen LogP contribution in [0.2, 0.25) is 0 Å². The van der Waals surface area contributed by atoms with E-state index < -0.39 is 5.38 Å². The van der Waals surface area contributed by atoms with Gasteiger partial charge in [-0.05, 0) is 27.7 Å². The highest BCUT2D eigenvalue weighted by Gasteiger charge is 2.19. The monoisotopic (exact) mass is 234 g/mol. The minimum Gasteiger partial charge on any atom is -0.352 e. The van der Waals surface area contributed by atoms with Gasteiger partial charge in [-0.2, -0.15) is 0 Å². The molecule has 0 heterocycles. The summed E-state index contributed by atoms with van der Waals surface area (Å²) in [5.41, 5.74) is 0. The number of rotatable bonds is 5. The molecule has 0 aliphatic rings. The molecule has 88 valence electrons. The van der Waals surface area contributed by atoms with Crippen molar-refractivity contribution >= 4 is 23.4 Å². The number of hydrogen-bond donors (Lipinski definition) is 1. The first-order chi connectivity index (χ1) is 6.88. The second-order valence-electron chi connectivity index (χ2n) is 3.69. The van der Waals surface area contributed by atoms with Crippen molar-refractivity contribution in [3.05, 3.63) is 0 Å². The quantitative estimate of drug-likeness (QED) is 0.722. The number of nitrogens with zero attached hydrogens (tertiary/aromatic N) is 1. The van der Waals surface area contributed by atoms with Gasteiger partial charge in [-0.1, -0.05) is 0 Å². The maximum Gasteiger partial charge on any atom is 0.240 e. The van der Waals surface area contributed by atoms with E-state index in [-0.39, 0.29) is 24.4 Å². The van der Waals surface area contributed by atoms with Gasteiger partial charge in [0.15, 0.2) is 0 Å². The maximum absolute atomic E-state index is 11.5. The zero-order valence-electron chi connectivity index (χ0n) is 9.71. The average Bonchev–Trinajstić information content (AvgIpc) is 2.11. The van der Waals surface area contributed by atoms with Crippen molar-refractivity contribution in [2.75, 3.05) is 13.1 Å². The smallest absolute Gasteiger partial charge is 0.240 e. The topological polar surface area (TPSA) is 49.4 Å². The lowest BCUT2D eigenvalue weighted by Crippen LogP contribution is -2.44. The maximum atomic E-state index is 11.5. The molecule has 1 atom stereocenters. The molecule has 0 aliphatic heterocycles. The van der Waals surface area contributed by atoms with E-state index in [1.807, 2.05) is 20.8 Å². The Morgan fingerprint density at radius 1 is 1.33 bits per heavy atom. The minimum absolute atomic E-state index is 0.0740. The van der Waals surface area contributed by atoms with Gasteiger partial charge in [0.2, 0.25) is 11.8 Å². The Kier molecular flexibility index (Phi) is 6.32. The van der Waals surface area contributed by atoms with Crippen LogP contribution < -0.4 is 5.32 Å². The largest absolute Gasteiger partial charge is 0.352 e. The summed E-state index contributed by atoms with van der Waals surface area (Å²) in [4.78, 5) is 24.4. The molecule has 0 spiro atoms. The number of likely N-dealkylation sites (N-methyl/N-ethyl adjacent to an activating group) is 1. The second kappa shape index (κ2) is 6.67. The van der Waals surface area contributed by atoms with E-state index >= 15 is 0 Å². The summed E-state index contributed by atoms with van der Waals surface area (Å²) >= 11 is 5.67. The molecular weight excluding hydrogens is 216 g/mol. The minimum atomic E-state index is -0.586. The Labute approximate surface area is 96.0 Å². The van der Waals surface area contributed by atoms with Crippen molar-refractivity contribution in [1.29, 1.82) is 0 Å². The molecule has 0 bridgehead atoms. The Bertz CT molecular complexity index is 229. The highest BCUT2D eigenvalue weighted by Crippen LogP contribution is 2.01. The normalized spacial score (nSPS) is 12.4. The molecule has 0 fully saturated rings. The Balaban J connectivity index is 4.21. The molecule has 0 rings (SSSR count). The van der Waals surface area contributed by atoms with Crippen LogP contribution in [0.5, 0.6) is 0 Å². The Morgan fingerprint density at radius 3 is 2.20 bits per heavy atom. The second-order valence-corrected chi connectivity index (χ2v) is 4.35. The van der Waals surface area contributed by atoms with E-state index in [4.69, 9.17) is 11.6 Å². The molecule has 2 amide bonds. The molecule has 15 heavy (non-hydrogen) atoms. The molecule has 0 saturated carbocycles. The van der Waals surface area contributed by atoms with Gasteiger partial charge < -0.3 is 10.2 Å². The van der Waals surface area contributed by atoms with Crippen molar-refractivity contribution < 1.29 is 9.59 Å². The van der Waals surface area contributed by atoms with Crippen LogP contribution in [0.1, 0.15) is 27.7 Å². The standard InChI is InChI=1S/C10H19ClN2O2/c1-5-13(10(15)8(4)11)6-9(14)12-7(2)3/h7-8H,5-6H2,1-4H3,(H,12,14). The Hall–Kier alpha value is -0.770. The summed E-state index contributed by atoms with van der Waals surface area (Å²) < 4.78 is 0. The highest BCUT2D eigenvalue weighted by atomic mass is 35.5. The lowest BCUT2D eigenvalue weighted by atomic mass is 10.3. The van der Waals surface area contributed by atoms with Crippen molar-refractivity contribution in [3.8, 4) is 0 Å². The van der Waals surface area contributed by atoms with Gasteiger partial charge in [-0.3, -0.25) is 9.59 Å². The van der Waals surface area contributed by atoms with Crippen LogP contribution in [0.4, 0.5) is 0 Å². The molecule has 5 heteroatoms. The summed E-state index contributed by atoms with van der Waals surface area (Å²) in [6, 6.07) is 0.0831. The number of carbonyl (C=O) groups is 2. The number of hydrogen-bond acceptors (Lipinski definition) is 2. The zero-order chi connectivity index (χ0) is 12.0. The summed E-state index contributed by atoms with van der Waals surface area (Å²) in [5, 5.41) is 2.14. The fourth-order valence-electron chi connectivity index (χ4n) is 1.14. The number of alkyl halides is 1. The van der Waals surface area contributed by atoms with E-state index in [0.717, 1.165) is 0 Å². The zero-order valence-corrected chi connectivity index (χ0v) is 10.5. The summed E-state index contributed by atoms with van der Waals surface area (Å²) in [7, 11) is 0. The van der Waals surface area contributed by atoms with Gasteiger partial charge in [-0.15, -0.1) is 11.6 Å². The van der Waals surface area contributed by atoms with Gasteiger partial charge in [0.05, 0.1) is 6.54 Å². The van der Waals surface area contributed by atoms with Crippen molar-refractivity contribution in [3.63, 3.8) is 0 Å². The molecule has 1 unspecified atom stereocenters. The molecule has 0 aliphatic carbocycles. The third-order valence-electron chi connectivity index (χ3n) is 1.82. The molecule has 0 radical (unpaired) electrons. The lowest BCUT2D eigenvalue weighted by molar-refractivity contribution is -0.135. The van der Waals surface area contributed by atoms with Crippen LogP contribution >= 0.6 is 11.6 Å². The number of carbonyl (C=O) groups excluding carboxylic acids is 2. The summed E-state index contributed by atoms with van der Waals surface area (Å²) in [5.74, 6) is -0.365. The van der Waals surface area contributed by atoms with Gasteiger partial charge >= 0.3 is 0 Å². The number of halogens is 1. The first-order valence-corrected chi connectivity index (χ1v) is 5.54. The molecule has 1 N–H and O–H groups in total.